The summed E-state index contributed by atoms with van der Waals surface area (Å²) in [4.78, 5) is 23.1. The van der Waals surface area contributed by atoms with Gasteiger partial charge in [-0.2, -0.15) is 0 Å². The van der Waals surface area contributed by atoms with Crippen molar-refractivity contribution in [1.29, 1.82) is 0 Å². The lowest BCUT2D eigenvalue weighted by molar-refractivity contribution is -0.124. The van der Waals surface area contributed by atoms with E-state index in [1.807, 2.05) is 27.7 Å². The molecule has 0 fully saturated rings. The van der Waals surface area contributed by atoms with Gasteiger partial charge in [0.1, 0.15) is 5.78 Å². The first-order chi connectivity index (χ1) is 12.0. The van der Waals surface area contributed by atoms with Gasteiger partial charge < -0.3 is 10.1 Å². The number of Topliss-reactive ketones (excluding diaryl/α,β-unsaturated/α-hetero) is 1. The van der Waals surface area contributed by atoms with Crippen LogP contribution >= 0.6 is 0 Å². The fourth-order valence-corrected chi connectivity index (χ4v) is 2.50. The Hall–Kier alpha value is -0.900. The number of carbonyl (C=O) groups is 2. The first kappa shape index (κ1) is 24.1. The van der Waals surface area contributed by atoms with Crippen molar-refractivity contribution < 1.29 is 15.8 Å². The first-order valence-electron chi connectivity index (χ1n) is 10.4. The molecule has 0 aliphatic rings. The third-order valence-electron chi connectivity index (χ3n) is 4.68. The molecule has 0 aliphatic heterocycles. The van der Waals surface area contributed by atoms with Gasteiger partial charge in [0.25, 0.3) is 0 Å². The molecule has 25 heavy (non-hydrogen) atoms. The fraction of sp³-hybridized carbons (Fsp3) is 0.905. The number of amides is 1. The lowest BCUT2D eigenvalue weighted by Gasteiger charge is -2.09. The van der Waals surface area contributed by atoms with Gasteiger partial charge in [-0.05, 0) is 32.1 Å². The third kappa shape index (κ3) is 15.1. The van der Waals surface area contributed by atoms with E-state index in [4.69, 9.17) is 4.74 Å². The van der Waals surface area contributed by atoms with Crippen LogP contribution in [0.15, 0.2) is 0 Å². The van der Waals surface area contributed by atoms with Gasteiger partial charge in [0.2, 0.25) is 5.91 Å². The molecule has 0 aromatic heterocycles. The number of nitrogens with one attached hydrogen (secondary N) is 1. The Kier molecular flexibility index (Phi) is 16.0. The predicted molar refractivity (Wildman–Crippen MR) is 107 cm³/mol. The normalized spacial score (nSPS) is 12.4. The van der Waals surface area contributed by atoms with Gasteiger partial charge in [-0.15, -0.1) is 0 Å². The average molecular weight is 358 g/mol. The number of unbranched alkanes of at least 4 members (excludes halogenated alkanes) is 6. The molecule has 0 spiro atoms. The maximum Gasteiger partial charge on any atom is 0.222 e. The Bertz CT molecular complexity index is 348. The van der Waals surface area contributed by atoms with E-state index in [1.54, 1.807) is 0 Å². The highest BCUT2D eigenvalue weighted by atomic mass is 16.5. The van der Waals surface area contributed by atoms with Crippen molar-refractivity contribution in [3.8, 4) is 0 Å². The Morgan fingerprint density at radius 1 is 0.880 bits per heavy atom. The minimum Gasteiger partial charge on any atom is -0.381 e. The molecule has 0 aliphatic carbocycles. The monoisotopic (exact) mass is 357 g/mol. The van der Waals surface area contributed by atoms with Crippen molar-refractivity contribution in [1.82, 2.24) is 5.32 Å². The minimum atomic E-state index is 0. The molecule has 0 radical (unpaired) electrons. The first-order valence-corrected chi connectivity index (χ1v) is 10.4. The molecular weight excluding hydrogens is 314 g/mol. The minimum absolute atomic E-state index is 0. The zero-order valence-electron chi connectivity index (χ0n) is 17.1. The van der Waals surface area contributed by atoms with E-state index in [0.717, 1.165) is 64.7 Å². The molecule has 1 atom stereocenters. The number of carbonyl (C=O) groups excluding carboxylic acids is 2. The van der Waals surface area contributed by atoms with Crippen LogP contribution in [0.2, 0.25) is 0 Å². The molecule has 150 valence electrons. The number of hydrogen-bond donors (Lipinski definition) is 1. The standard InChI is InChI=1S/C21H41NO3.H2/c1-5-19(4)21(24)22-15-11-7-6-8-12-16-25-17-13-9-10-14-20(23)18(2)3;/h18-19H,5-17H2,1-4H3,(H,22,24);1H. The topological polar surface area (TPSA) is 55.4 Å². The van der Waals surface area contributed by atoms with Crippen LogP contribution < -0.4 is 5.32 Å². The molecule has 0 rings (SSSR count). The van der Waals surface area contributed by atoms with Gasteiger partial charge in [0, 0.05) is 39.4 Å². The smallest absolute Gasteiger partial charge is 0.222 e. The van der Waals surface area contributed by atoms with Crippen molar-refractivity contribution in [2.45, 2.75) is 91.9 Å². The van der Waals surface area contributed by atoms with Crippen LogP contribution in [0.3, 0.4) is 0 Å². The van der Waals surface area contributed by atoms with Gasteiger partial charge in [-0.3, -0.25) is 9.59 Å². The second-order valence-electron chi connectivity index (χ2n) is 7.41. The molecule has 4 heteroatoms. The van der Waals surface area contributed by atoms with Gasteiger partial charge in [-0.25, -0.2) is 0 Å². The molecule has 1 unspecified atom stereocenters. The number of hydrogen-bond acceptors (Lipinski definition) is 3. The van der Waals surface area contributed by atoms with Crippen molar-refractivity contribution >= 4 is 11.7 Å². The summed E-state index contributed by atoms with van der Waals surface area (Å²) in [5, 5.41) is 3.00. The summed E-state index contributed by atoms with van der Waals surface area (Å²) in [6.45, 7) is 10.4. The van der Waals surface area contributed by atoms with E-state index < -0.39 is 0 Å². The second-order valence-corrected chi connectivity index (χ2v) is 7.41. The van der Waals surface area contributed by atoms with Gasteiger partial charge in [-0.1, -0.05) is 53.4 Å². The maximum absolute atomic E-state index is 11.6. The van der Waals surface area contributed by atoms with E-state index in [9.17, 15) is 9.59 Å². The van der Waals surface area contributed by atoms with Crippen molar-refractivity contribution in [2.24, 2.45) is 11.8 Å². The number of ketones is 1. The zero-order chi connectivity index (χ0) is 18.9. The summed E-state index contributed by atoms with van der Waals surface area (Å²) in [6.07, 6.45) is 10.5. The van der Waals surface area contributed by atoms with E-state index in [1.165, 1.54) is 19.3 Å². The maximum atomic E-state index is 11.6. The van der Waals surface area contributed by atoms with Crippen LogP contribution in [0.25, 0.3) is 0 Å². The van der Waals surface area contributed by atoms with Crippen LogP contribution in [0, 0.1) is 11.8 Å². The fourth-order valence-electron chi connectivity index (χ4n) is 2.50. The second kappa shape index (κ2) is 16.6. The SMILES string of the molecule is CCC(C)C(=O)NCCCCCCCOCCCCCC(=O)C(C)C.[HH]. The molecule has 0 aromatic rings. The highest BCUT2D eigenvalue weighted by Crippen LogP contribution is 2.07. The Morgan fingerprint density at radius 3 is 2.04 bits per heavy atom. The van der Waals surface area contributed by atoms with Gasteiger partial charge in [0.15, 0.2) is 0 Å². The number of rotatable bonds is 17. The molecule has 0 heterocycles. The Balaban J connectivity index is 0. The van der Waals surface area contributed by atoms with Crippen LogP contribution in [-0.2, 0) is 14.3 Å². The Morgan fingerprint density at radius 2 is 1.44 bits per heavy atom. The summed E-state index contributed by atoms with van der Waals surface area (Å²) in [6, 6.07) is 0. The lowest BCUT2D eigenvalue weighted by atomic mass is 10.0. The highest BCUT2D eigenvalue weighted by molar-refractivity contribution is 5.80. The number of ether oxygens (including phenoxy) is 1. The van der Waals surface area contributed by atoms with Crippen molar-refractivity contribution in [3.05, 3.63) is 0 Å². The van der Waals surface area contributed by atoms with E-state index >= 15 is 0 Å². The van der Waals surface area contributed by atoms with Gasteiger partial charge >= 0.3 is 0 Å². The Labute approximate surface area is 157 Å². The highest BCUT2D eigenvalue weighted by Gasteiger charge is 2.08. The summed E-state index contributed by atoms with van der Waals surface area (Å²) in [5.41, 5.74) is 0. The summed E-state index contributed by atoms with van der Waals surface area (Å²) in [7, 11) is 0. The summed E-state index contributed by atoms with van der Waals surface area (Å²) < 4.78 is 5.64. The van der Waals surface area contributed by atoms with E-state index in [-0.39, 0.29) is 19.2 Å². The van der Waals surface area contributed by atoms with Crippen LogP contribution in [0.1, 0.15) is 93.3 Å². The molecule has 0 saturated carbocycles. The molecule has 4 nitrogen and oxygen atoms in total. The van der Waals surface area contributed by atoms with Crippen molar-refractivity contribution in [3.63, 3.8) is 0 Å². The molecular formula is C21H43NO3. The molecule has 0 saturated heterocycles. The zero-order valence-corrected chi connectivity index (χ0v) is 17.1. The summed E-state index contributed by atoms with van der Waals surface area (Å²) in [5.74, 6) is 0.866. The van der Waals surface area contributed by atoms with Crippen LogP contribution in [0.4, 0.5) is 0 Å². The van der Waals surface area contributed by atoms with Crippen LogP contribution in [-0.4, -0.2) is 31.4 Å². The van der Waals surface area contributed by atoms with E-state index in [0.29, 0.717) is 5.78 Å². The molecule has 0 aromatic carbocycles. The van der Waals surface area contributed by atoms with E-state index in [2.05, 4.69) is 5.32 Å². The average Bonchev–Trinajstić information content (AvgIpc) is 2.60. The summed E-state index contributed by atoms with van der Waals surface area (Å²) >= 11 is 0. The lowest BCUT2D eigenvalue weighted by Crippen LogP contribution is -2.29. The largest absolute Gasteiger partial charge is 0.381 e. The van der Waals surface area contributed by atoms with Crippen LogP contribution in [0.5, 0.6) is 0 Å². The molecule has 0 bridgehead atoms. The third-order valence-corrected chi connectivity index (χ3v) is 4.68. The quantitative estimate of drug-likeness (QED) is 0.366. The van der Waals surface area contributed by atoms with Gasteiger partial charge in [0.05, 0.1) is 0 Å². The predicted octanol–water partition coefficient (Wildman–Crippen LogP) is 5.15. The van der Waals surface area contributed by atoms with Crippen molar-refractivity contribution in [2.75, 3.05) is 19.8 Å². The molecule has 1 N–H and O–H groups in total. The molecule has 1 amide bonds.